The Kier molecular flexibility index (Phi) is 2.88. The van der Waals surface area contributed by atoms with Crippen LogP contribution in [-0.4, -0.2) is 25.2 Å². The summed E-state index contributed by atoms with van der Waals surface area (Å²) in [5.41, 5.74) is -0.0330. The highest BCUT2D eigenvalue weighted by Gasteiger charge is 2.22. The van der Waals surface area contributed by atoms with Gasteiger partial charge in [-0.2, -0.15) is 0 Å². The number of halogens is 2. The molecule has 1 saturated heterocycles. The van der Waals surface area contributed by atoms with Crippen molar-refractivity contribution in [3.05, 3.63) is 34.6 Å². The third-order valence-electron chi connectivity index (χ3n) is 2.15. The van der Waals surface area contributed by atoms with Gasteiger partial charge in [-0.15, -0.1) is 0 Å². The number of nitrogens with one attached hydrogen (secondary N) is 1. The molecular weight excluding hydrogens is 221 g/mol. The summed E-state index contributed by atoms with van der Waals surface area (Å²) in [6.07, 6.45) is 0. The SMILES string of the molecule is O=C(NC1COC1)c1cc(Cl)ccc1F. The van der Waals surface area contributed by atoms with E-state index in [2.05, 4.69) is 5.32 Å². The lowest BCUT2D eigenvalue weighted by Crippen LogP contribution is -2.48. The summed E-state index contributed by atoms with van der Waals surface area (Å²) in [4.78, 5) is 11.6. The normalized spacial score (nSPS) is 15.9. The molecule has 5 heteroatoms. The van der Waals surface area contributed by atoms with E-state index in [1.807, 2.05) is 0 Å². The fourth-order valence-corrected chi connectivity index (χ4v) is 1.43. The van der Waals surface area contributed by atoms with Gasteiger partial charge in [-0.3, -0.25) is 4.79 Å². The molecule has 1 aliphatic rings. The molecule has 2 rings (SSSR count). The van der Waals surface area contributed by atoms with Crippen LogP contribution >= 0.6 is 11.6 Å². The van der Waals surface area contributed by atoms with Crippen molar-refractivity contribution in [2.75, 3.05) is 13.2 Å². The Morgan fingerprint density at radius 2 is 2.27 bits per heavy atom. The molecule has 1 amide bonds. The van der Waals surface area contributed by atoms with Gasteiger partial charge in [0.25, 0.3) is 5.91 Å². The van der Waals surface area contributed by atoms with E-state index in [0.717, 1.165) is 0 Å². The van der Waals surface area contributed by atoms with E-state index < -0.39 is 11.7 Å². The van der Waals surface area contributed by atoms with Gasteiger partial charge in [0, 0.05) is 5.02 Å². The van der Waals surface area contributed by atoms with Gasteiger partial charge in [0.15, 0.2) is 0 Å². The number of hydrogen-bond donors (Lipinski definition) is 1. The maximum atomic E-state index is 13.2. The lowest BCUT2D eigenvalue weighted by molar-refractivity contribution is -0.00352. The zero-order valence-corrected chi connectivity index (χ0v) is 8.55. The summed E-state index contributed by atoms with van der Waals surface area (Å²) in [7, 11) is 0. The van der Waals surface area contributed by atoms with Crippen molar-refractivity contribution >= 4 is 17.5 Å². The van der Waals surface area contributed by atoms with Crippen molar-refractivity contribution < 1.29 is 13.9 Å². The van der Waals surface area contributed by atoms with Crippen LogP contribution in [0.2, 0.25) is 5.02 Å². The maximum Gasteiger partial charge on any atom is 0.254 e. The molecule has 0 aromatic heterocycles. The first kappa shape index (κ1) is 10.4. The number of benzene rings is 1. The molecule has 3 nitrogen and oxygen atoms in total. The van der Waals surface area contributed by atoms with Crippen molar-refractivity contribution in [3.63, 3.8) is 0 Å². The van der Waals surface area contributed by atoms with Crippen LogP contribution in [0.25, 0.3) is 0 Å². The standard InChI is InChI=1S/C10H9ClFNO2/c11-6-1-2-9(12)8(3-6)10(14)13-7-4-15-5-7/h1-3,7H,4-5H2,(H,13,14). The highest BCUT2D eigenvalue weighted by Crippen LogP contribution is 2.15. The second-order valence-corrected chi connectivity index (χ2v) is 3.77. The van der Waals surface area contributed by atoms with Crippen molar-refractivity contribution in [2.45, 2.75) is 6.04 Å². The average molecular weight is 230 g/mol. The van der Waals surface area contributed by atoms with Gasteiger partial charge in [0.05, 0.1) is 24.8 Å². The van der Waals surface area contributed by atoms with Crippen molar-refractivity contribution in [2.24, 2.45) is 0 Å². The first-order chi connectivity index (χ1) is 7.16. The van der Waals surface area contributed by atoms with Crippen molar-refractivity contribution in [1.29, 1.82) is 0 Å². The predicted molar refractivity (Wildman–Crippen MR) is 53.5 cm³/mol. The van der Waals surface area contributed by atoms with Crippen molar-refractivity contribution in [1.82, 2.24) is 5.32 Å². The topological polar surface area (TPSA) is 38.3 Å². The summed E-state index contributed by atoms with van der Waals surface area (Å²) in [6.45, 7) is 0.960. The zero-order valence-electron chi connectivity index (χ0n) is 7.80. The molecule has 1 heterocycles. The van der Waals surface area contributed by atoms with Crippen LogP contribution in [0, 0.1) is 5.82 Å². The molecule has 1 aliphatic heterocycles. The molecule has 0 saturated carbocycles. The van der Waals surface area contributed by atoms with E-state index in [-0.39, 0.29) is 11.6 Å². The monoisotopic (exact) mass is 229 g/mol. The Morgan fingerprint density at radius 3 is 2.87 bits per heavy atom. The van der Waals surface area contributed by atoms with Crippen LogP contribution < -0.4 is 5.32 Å². The summed E-state index contributed by atoms with van der Waals surface area (Å²) < 4.78 is 18.1. The molecule has 1 N–H and O–H groups in total. The number of carbonyl (C=O) groups excluding carboxylic acids is 1. The van der Waals surface area contributed by atoms with Gasteiger partial charge in [-0.05, 0) is 18.2 Å². The first-order valence-electron chi connectivity index (χ1n) is 4.50. The predicted octanol–water partition coefficient (Wildman–Crippen LogP) is 1.61. The second-order valence-electron chi connectivity index (χ2n) is 3.33. The molecule has 0 radical (unpaired) electrons. The van der Waals surface area contributed by atoms with Crippen molar-refractivity contribution in [3.8, 4) is 0 Å². The molecule has 1 aromatic carbocycles. The minimum absolute atomic E-state index is 0.0177. The number of rotatable bonds is 2. The Hall–Kier alpha value is -1.13. The van der Waals surface area contributed by atoms with Gasteiger partial charge in [-0.25, -0.2) is 4.39 Å². The third-order valence-corrected chi connectivity index (χ3v) is 2.38. The van der Waals surface area contributed by atoms with Gasteiger partial charge in [-0.1, -0.05) is 11.6 Å². The minimum atomic E-state index is -0.572. The van der Waals surface area contributed by atoms with Gasteiger partial charge in [0.1, 0.15) is 5.82 Å². The summed E-state index contributed by atoms with van der Waals surface area (Å²) >= 11 is 5.67. The van der Waals surface area contributed by atoms with Crippen LogP contribution in [0.1, 0.15) is 10.4 Å². The maximum absolute atomic E-state index is 13.2. The van der Waals surface area contributed by atoms with Gasteiger partial charge < -0.3 is 10.1 Å². The smallest absolute Gasteiger partial charge is 0.254 e. The Morgan fingerprint density at radius 1 is 1.53 bits per heavy atom. The summed E-state index contributed by atoms with van der Waals surface area (Å²) in [6, 6.07) is 3.87. The van der Waals surface area contributed by atoms with E-state index in [9.17, 15) is 9.18 Å². The largest absolute Gasteiger partial charge is 0.377 e. The highest BCUT2D eigenvalue weighted by atomic mass is 35.5. The van der Waals surface area contributed by atoms with Gasteiger partial charge >= 0.3 is 0 Å². The molecule has 1 aromatic rings. The number of carbonyl (C=O) groups is 1. The van der Waals surface area contributed by atoms with Crippen LogP contribution in [0.4, 0.5) is 4.39 Å². The van der Waals surface area contributed by atoms with E-state index >= 15 is 0 Å². The van der Waals surface area contributed by atoms with E-state index in [0.29, 0.717) is 18.2 Å². The quantitative estimate of drug-likeness (QED) is 0.837. The van der Waals surface area contributed by atoms with Crippen LogP contribution in [0.5, 0.6) is 0 Å². The number of hydrogen-bond acceptors (Lipinski definition) is 2. The highest BCUT2D eigenvalue weighted by molar-refractivity contribution is 6.31. The zero-order chi connectivity index (χ0) is 10.8. The lowest BCUT2D eigenvalue weighted by atomic mass is 10.1. The second kappa shape index (κ2) is 4.16. The molecule has 1 fully saturated rings. The van der Waals surface area contributed by atoms with Crippen LogP contribution in [0.3, 0.4) is 0 Å². The molecule has 80 valence electrons. The first-order valence-corrected chi connectivity index (χ1v) is 4.88. The summed E-state index contributed by atoms with van der Waals surface area (Å²) in [5, 5.41) is 2.98. The van der Waals surface area contributed by atoms with Crippen LogP contribution in [0.15, 0.2) is 18.2 Å². The Bertz CT molecular complexity index is 393. The molecular formula is C10H9ClFNO2. The van der Waals surface area contributed by atoms with Gasteiger partial charge in [0.2, 0.25) is 0 Å². The molecule has 0 bridgehead atoms. The van der Waals surface area contributed by atoms with Crippen LogP contribution in [-0.2, 0) is 4.74 Å². The minimum Gasteiger partial charge on any atom is -0.377 e. The fraction of sp³-hybridized carbons (Fsp3) is 0.300. The molecule has 15 heavy (non-hydrogen) atoms. The Balaban J connectivity index is 2.12. The fourth-order valence-electron chi connectivity index (χ4n) is 1.25. The molecule has 0 atom stereocenters. The molecule has 0 aliphatic carbocycles. The molecule has 0 unspecified atom stereocenters. The number of amides is 1. The lowest BCUT2D eigenvalue weighted by Gasteiger charge is -2.26. The molecule has 0 spiro atoms. The van der Waals surface area contributed by atoms with E-state index in [4.69, 9.17) is 16.3 Å². The summed E-state index contributed by atoms with van der Waals surface area (Å²) in [5.74, 6) is -1.03. The Labute approximate surface area is 91.2 Å². The number of ether oxygens (including phenoxy) is 1. The average Bonchev–Trinajstić information content (AvgIpc) is 2.15. The van der Waals surface area contributed by atoms with E-state index in [1.54, 1.807) is 0 Å². The van der Waals surface area contributed by atoms with E-state index in [1.165, 1.54) is 18.2 Å². The third kappa shape index (κ3) is 2.27.